The van der Waals surface area contributed by atoms with Crippen molar-refractivity contribution >= 4 is 11.8 Å². The normalized spacial score (nSPS) is 11.1. The van der Waals surface area contributed by atoms with E-state index in [4.69, 9.17) is 0 Å². The van der Waals surface area contributed by atoms with Gasteiger partial charge in [0.1, 0.15) is 0 Å². The lowest BCUT2D eigenvalue weighted by atomic mass is 10.0. The van der Waals surface area contributed by atoms with Gasteiger partial charge < -0.3 is 10.6 Å². The average molecular weight is 437 g/mol. The van der Waals surface area contributed by atoms with Crippen LogP contribution in [0.15, 0.2) is 48.5 Å². The highest BCUT2D eigenvalue weighted by Crippen LogP contribution is 2.15. The number of hydrogen-bond acceptors (Lipinski definition) is 2. The van der Waals surface area contributed by atoms with Gasteiger partial charge in [-0.05, 0) is 60.1 Å². The Morgan fingerprint density at radius 2 is 0.875 bits per heavy atom. The molecule has 0 aliphatic heterocycles. The van der Waals surface area contributed by atoms with Gasteiger partial charge in [-0.1, -0.05) is 77.6 Å². The van der Waals surface area contributed by atoms with Crippen LogP contribution >= 0.6 is 0 Å². The molecule has 0 bridgehead atoms. The summed E-state index contributed by atoms with van der Waals surface area (Å²) in [5.74, 6) is 0.973. The number of hydrogen-bond donors (Lipinski definition) is 2. The third-order valence-corrected chi connectivity index (χ3v) is 5.85. The maximum atomic E-state index is 12.2. The second-order valence-corrected chi connectivity index (χ2v) is 9.19. The summed E-state index contributed by atoms with van der Waals surface area (Å²) in [6.45, 7) is 10.0. The quantitative estimate of drug-likeness (QED) is 0.355. The highest BCUT2D eigenvalue weighted by molar-refractivity contribution is 5.94. The summed E-state index contributed by atoms with van der Waals surface area (Å²) in [6.07, 6.45) is 6.53. The number of carbonyl (C=O) groups is 2. The Kier molecular flexibility index (Phi) is 11.0. The zero-order chi connectivity index (χ0) is 23.3. The lowest BCUT2D eigenvalue weighted by Crippen LogP contribution is -2.24. The van der Waals surface area contributed by atoms with E-state index < -0.39 is 0 Å². The van der Waals surface area contributed by atoms with Gasteiger partial charge in [0.05, 0.1) is 0 Å². The lowest BCUT2D eigenvalue weighted by molar-refractivity contribution is 0.0944. The van der Waals surface area contributed by atoms with Gasteiger partial charge in [-0.3, -0.25) is 9.59 Å². The van der Waals surface area contributed by atoms with Crippen molar-refractivity contribution in [1.82, 2.24) is 10.6 Å². The van der Waals surface area contributed by atoms with E-state index in [9.17, 15) is 9.59 Å². The van der Waals surface area contributed by atoms with Crippen molar-refractivity contribution in [1.29, 1.82) is 0 Å². The minimum absolute atomic E-state index is 0.00916. The fourth-order valence-electron chi connectivity index (χ4n) is 3.60. The maximum Gasteiger partial charge on any atom is 0.251 e. The van der Waals surface area contributed by atoms with Gasteiger partial charge in [0.2, 0.25) is 0 Å². The summed E-state index contributed by atoms with van der Waals surface area (Å²) >= 11 is 0. The number of rotatable bonds is 13. The summed E-state index contributed by atoms with van der Waals surface area (Å²) in [5, 5.41) is 6.02. The highest BCUT2D eigenvalue weighted by atomic mass is 16.2. The smallest absolute Gasteiger partial charge is 0.251 e. The molecule has 0 spiro atoms. The van der Waals surface area contributed by atoms with Crippen LogP contribution in [0.1, 0.15) is 110 Å². The minimum atomic E-state index is 0.00916. The first-order valence-electron chi connectivity index (χ1n) is 12.1. The molecule has 2 rings (SSSR count). The first kappa shape index (κ1) is 25.6. The zero-order valence-corrected chi connectivity index (χ0v) is 20.2. The summed E-state index contributed by atoms with van der Waals surface area (Å²) in [5.41, 5.74) is 3.96. The van der Waals surface area contributed by atoms with Crippen molar-refractivity contribution in [3.05, 3.63) is 70.8 Å². The molecule has 0 radical (unpaired) electrons. The molecule has 0 aliphatic rings. The van der Waals surface area contributed by atoms with Crippen LogP contribution in [-0.4, -0.2) is 24.9 Å². The number of carbonyl (C=O) groups excluding carboxylic acids is 2. The van der Waals surface area contributed by atoms with Crippen LogP contribution in [0.25, 0.3) is 0 Å². The Labute approximate surface area is 194 Å². The largest absolute Gasteiger partial charge is 0.352 e. The van der Waals surface area contributed by atoms with E-state index in [2.05, 4.69) is 38.3 Å². The van der Waals surface area contributed by atoms with E-state index in [1.807, 2.05) is 48.5 Å². The van der Waals surface area contributed by atoms with Crippen LogP contribution in [0.5, 0.6) is 0 Å². The summed E-state index contributed by atoms with van der Waals surface area (Å²) in [7, 11) is 0. The van der Waals surface area contributed by atoms with Crippen molar-refractivity contribution in [2.24, 2.45) is 0 Å². The van der Waals surface area contributed by atoms with Crippen LogP contribution in [0.4, 0.5) is 0 Å². The molecule has 4 nitrogen and oxygen atoms in total. The molecule has 0 aromatic heterocycles. The van der Waals surface area contributed by atoms with Gasteiger partial charge in [-0.2, -0.15) is 0 Å². The van der Waals surface area contributed by atoms with E-state index in [-0.39, 0.29) is 11.8 Å². The highest BCUT2D eigenvalue weighted by Gasteiger charge is 2.07. The van der Waals surface area contributed by atoms with Crippen LogP contribution in [-0.2, 0) is 0 Å². The first-order valence-corrected chi connectivity index (χ1v) is 12.1. The van der Waals surface area contributed by atoms with E-state index in [1.54, 1.807) is 0 Å². The molecular weight excluding hydrogens is 396 g/mol. The molecule has 0 saturated heterocycles. The van der Waals surface area contributed by atoms with Gasteiger partial charge in [0.25, 0.3) is 11.8 Å². The van der Waals surface area contributed by atoms with E-state index in [1.165, 1.54) is 11.1 Å². The van der Waals surface area contributed by atoms with Crippen LogP contribution in [0.3, 0.4) is 0 Å². The number of unbranched alkanes of at least 4 members (excludes halogenated alkanes) is 5. The number of amides is 2. The Morgan fingerprint density at radius 1 is 0.562 bits per heavy atom. The lowest BCUT2D eigenvalue weighted by Gasteiger charge is -2.09. The molecule has 0 fully saturated rings. The van der Waals surface area contributed by atoms with E-state index in [0.717, 1.165) is 62.7 Å². The second-order valence-electron chi connectivity index (χ2n) is 9.19. The molecular formula is C28H40N2O2. The molecule has 2 aromatic rings. The van der Waals surface area contributed by atoms with Crippen molar-refractivity contribution in [3.63, 3.8) is 0 Å². The molecule has 2 N–H and O–H groups in total. The molecule has 0 saturated carbocycles. The van der Waals surface area contributed by atoms with E-state index in [0.29, 0.717) is 11.8 Å². The van der Waals surface area contributed by atoms with Crippen LogP contribution in [0, 0.1) is 0 Å². The van der Waals surface area contributed by atoms with Crippen molar-refractivity contribution in [3.8, 4) is 0 Å². The topological polar surface area (TPSA) is 58.2 Å². The molecule has 4 heteroatoms. The maximum absolute atomic E-state index is 12.2. The SMILES string of the molecule is CC(C)c1ccc(C(=O)NCCCCCCCCNC(=O)c2ccc(C(C)C)cc2)cc1. The fraction of sp³-hybridized carbons (Fsp3) is 0.500. The average Bonchev–Trinajstić information content (AvgIpc) is 2.80. The van der Waals surface area contributed by atoms with E-state index >= 15 is 0 Å². The van der Waals surface area contributed by atoms with Crippen molar-refractivity contribution in [2.75, 3.05) is 13.1 Å². The molecule has 2 aromatic carbocycles. The van der Waals surface area contributed by atoms with Crippen molar-refractivity contribution < 1.29 is 9.59 Å². The minimum Gasteiger partial charge on any atom is -0.352 e. The Morgan fingerprint density at radius 3 is 1.19 bits per heavy atom. The summed E-state index contributed by atoms with van der Waals surface area (Å²) in [6, 6.07) is 15.8. The molecule has 0 heterocycles. The third kappa shape index (κ3) is 8.86. The molecule has 0 aliphatic carbocycles. The summed E-state index contributed by atoms with van der Waals surface area (Å²) in [4.78, 5) is 24.4. The molecule has 174 valence electrons. The van der Waals surface area contributed by atoms with Gasteiger partial charge in [-0.25, -0.2) is 0 Å². The number of benzene rings is 2. The first-order chi connectivity index (χ1) is 15.4. The standard InChI is InChI=1S/C28H40N2O2/c1-21(2)23-11-15-25(16-12-23)27(31)29-19-9-7-5-6-8-10-20-30-28(32)26-17-13-24(14-18-26)22(3)4/h11-18,21-22H,5-10,19-20H2,1-4H3,(H,29,31)(H,30,32). The summed E-state index contributed by atoms with van der Waals surface area (Å²) < 4.78 is 0. The van der Waals surface area contributed by atoms with Gasteiger partial charge in [-0.15, -0.1) is 0 Å². The Bertz CT molecular complexity index is 752. The second kappa shape index (κ2) is 13.7. The van der Waals surface area contributed by atoms with Gasteiger partial charge in [0, 0.05) is 24.2 Å². The fourth-order valence-corrected chi connectivity index (χ4v) is 3.60. The van der Waals surface area contributed by atoms with Crippen LogP contribution in [0.2, 0.25) is 0 Å². The molecule has 32 heavy (non-hydrogen) atoms. The van der Waals surface area contributed by atoms with Crippen LogP contribution < -0.4 is 10.6 Å². The van der Waals surface area contributed by atoms with Gasteiger partial charge in [0.15, 0.2) is 0 Å². The zero-order valence-electron chi connectivity index (χ0n) is 20.2. The van der Waals surface area contributed by atoms with Crippen molar-refractivity contribution in [2.45, 2.75) is 78.1 Å². The Balaban J connectivity index is 1.48. The predicted molar refractivity (Wildman–Crippen MR) is 133 cm³/mol. The molecule has 0 atom stereocenters. The predicted octanol–water partition coefficient (Wildman–Crippen LogP) is 6.43. The Hall–Kier alpha value is -2.62. The molecule has 0 unspecified atom stereocenters. The third-order valence-electron chi connectivity index (χ3n) is 5.85. The number of nitrogens with one attached hydrogen (secondary N) is 2. The monoisotopic (exact) mass is 436 g/mol. The molecule has 2 amide bonds. The van der Waals surface area contributed by atoms with Gasteiger partial charge >= 0.3 is 0 Å².